The lowest BCUT2D eigenvalue weighted by atomic mass is 10.1. The van der Waals surface area contributed by atoms with Crippen LogP contribution in [0.2, 0.25) is 0 Å². The number of nitrogens with one attached hydrogen (secondary N) is 1. The number of cyclic esters (lactones) is 1. The van der Waals surface area contributed by atoms with Crippen molar-refractivity contribution in [1.82, 2.24) is 5.32 Å². The fraction of sp³-hybridized carbons (Fsp3) is 0.438. The summed E-state index contributed by atoms with van der Waals surface area (Å²) >= 11 is 1.64. The van der Waals surface area contributed by atoms with Gasteiger partial charge in [0.25, 0.3) is 0 Å². The molecule has 7 heteroatoms. The second kappa shape index (κ2) is 6.62. The van der Waals surface area contributed by atoms with Crippen molar-refractivity contribution in [2.45, 2.75) is 25.9 Å². The molecule has 2 atom stereocenters. The van der Waals surface area contributed by atoms with Crippen LogP contribution < -0.4 is 10.2 Å². The SMILES string of the molecule is CC(=O)NC1CSC(c2ccc(N3CCOC3=O)cc2)=N[C@@H]1C. The number of thioether (sulfide) groups is 1. The third-order valence-corrected chi connectivity index (χ3v) is 5.02. The van der Waals surface area contributed by atoms with E-state index in [9.17, 15) is 9.59 Å². The summed E-state index contributed by atoms with van der Waals surface area (Å²) < 4.78 is 4.95. The van der Waals surface area contributed by atoms with Crippen molar-refractivity contribution in [3.63, 3.8) is 0 Å². The minimum atomic E-state index is -0.297. The molecule has 1 N–H and O–H groups in total. The van der Waals surface area contributed by atoms with Gasteiger partial charge in [-0.25, -0.2) is 4.79 Å². The Morgan fingerprint density at radius 2 is 2.13 bits per heavy atom. The Morgan fingerprint density at radius 1 is 1.39 bits per heavy atom. The van der Waals surface area contributed by atoms with Gasteiger partial charge in [0.2, 0.25) is 5.91 Å². The summed E-state index contributed by atoms with van der Waals surface area (Å²) in [7, 11) is 0. The summed E-state index contributed by atoms with van der Waals surface area (Å²) in [5.41, 5.74) is 1.86. The van der Waals surface area contributed by atoms with Gasteiger partial charge < -0.3 is 10.1 Å². The molecule has 0 spiro atoms. The quantitative estimate of drug-likeness (QED) is 0.919. The van der Waals surface area contributed by atoms with Gasteiger partial charge in [-0.2, -0.15) is 0 Å². The lowest BCUT2D eigenvalue weighted by Crippen LogP contribution is -2.44. The molecular formula is C16H19N3O3S. The second-order valence-electron chi connectivity index (χ2n) is 5.61. The van der Waals surface area contributed by atoms with Crippen molar-refractivity contribution in [1.29, 1.82) is 0 Å². The maximum Gasteiger partial charge on any atom is 0.414 e. The summed E-state index contributed by atoms with van der Waals surface area (Å²) in [5, 5.41) is 3.90. The zero-order valence-electron chi connectivity index (χ0n) is 13.1. The van der Waals surface area contributed by atoms with E-state index in [-0.39, 0.29) is 24.1 Å². The number of nitrogens with zero attached hydrogens (tertiary/aromatic N) is 2. The molecule has 2 amide bonds. The van der Waals surface area contributed by atoms with Crippen LogP contribution in [0.1, 0.15) is 19.4 Å². The van der Waals surface area contributed by atoms with Gasteiger partial charge in [-0.15, -0.1) is 11.8 Å². The Kier molecular flexibility index (Phi) is 4.56. The predicted octanol–water partition coefficient (Wildman–Crippen LogP) is 2.03. The van der Waals surface area contributed by atoms with E-state index in [1.54, 1.807) is 16.7 Å². The Bertz CT molecular complexity index is 644. The number of hydrogen-bond acceptors (Lipinski definition) is 5. The molecule has 1 saturated heterocycles. The van der Waals surface area contributed by atoms with E-state index in [0.717, 1.165) is 22.0 Å². The van der Waals surface area contributed by atoms with Crippen LogP contribution in [0, 0.1) is 0 Å². The van der Waals surface area contributed by atoms with Crippen LogP contribution in [0.4, 0.5) is 10.5 Å². The zero-order chi connectivity index (χ0) is 16.4. The molecule has 1 unspecified atom stereocenters. The van der Waals surface area contributed by atoms with Crippen LogP contribution in [0.5, 0.6) is 0 Å². The van der Waals surface area contributed by atoms with Gasteiger partial charge in [-0.05, 0) is 19.1 Å². The number of hydrogen-bond donors (Lipinski definition) is 1. The predicted molar refractivity (Wildman–Crippen MR) is 91.2 cm³/mol. The van der Waals surface area contributed by atoms with Crippen molar-refractivity contribution in [3.05, 3.63) is 29.8 Å². The number of anilines is 1. The smallest absolute Gasteiger partial charge is 0.414 e. The Labute approximate surface area is 139 Å². The summed E-state index contributed by atoms with van der Waals surface area (Å²) in [6, 6.07) is 7.88. The lowest BCUT2D eigenvalue weighted by molar-refractivity contribution is -0.119. The molecule has 6 nitrogen and oxygen atoms in total. The molecule has 122 valence electrons. The second-order valence-corrected chi connectivity index (χ2v) is 6.61. The molecule has 2 heterocycles. The van der Waals surface area contributed by atoms with Crippen LogP contribution >= 0.6 is 11.8 Å². The van der Waals surface area contributed by atoms with E-state index in [4.69, 9.17) is 4.74 Å². The van der Waals surface area contributed by atoms with Crippen molar-refractivity contribution in [2.75, 3.05) is 23.8 Å². The number of ether oxygens (including phenoxy) is 1. The molecule has 3 rings (SSSR count). The van der Waals surface area contributed by atoms with Gasteiger partial charge >= 0.3 is 6.09 Å². The first-order valence-electron chi connectivity index (χ1n) is 7.57. The number of carbonyl (C=O) groups is 2. The van der Waals surface area contributed by atoms with Crippen molar-refractivity contribution < 1.29 is 14.3 Å². The normalized spacial score (nSPS) is 24.2. The molecule has 2 aliphatic rings. The number of benzene rings is 1. The average molecular weight is 333 g/mol. The number of aliphatic imine (C=N–C) groups is 1. The maximum absolute atomic E-state index is 11.6. The molecule has 0 saturated carbocycles. The van der Waals surface area contributed by atoms with E-state index in [2.05, 4.69) is 10.3 Å². The monoisotopic (exact) mass is 333 g/mol. The molecule has 1 aromatic carbocycles. The third kappa shape index (κ3) is 3.50. The maximum atomic E-state index is 11.6. The fourth-order valence-corrected chi connectivity index (χ4v) is 3.86. The lowest BCUT2D eigenvalue weighted by Gasteiger charge is -2.27. The molecule has 23 heavy (non-hydrogen) atoms. The van der Waals surface area contributed by atoms with Crippen molar-refractivity contribution in [3.8, 4) is 0 Å². The number of amides is 2. The summed E-state index contributed by atoms with van der Waals surface area (Å²) in [4.78, 5) is 29.1. The fourth-order valence-electron chi connectivity index (χ4n) is 2.61. The molecule has 0 bridgehead atoms. The topological polar surface area (TPSA) is 71.0 Å². The van der Waals surface area contributed by atoms with Gasteiger partial charge in [0.05, 0.1) is 23.7 Å². The minimum absolute atomic E-state index is 0.0250. The highest BCUT2D eigenvalue weighted by atomic mass is 32.2. The van der Waals surface area contributed by atoms with Crippen LogP contribution in [0.25, 0.3) is 0 Å². The highest BCUT2D eigenvalue weighted by Crippen LogP contribution is 2.25. The Morgan fingerprint density at radius 3 is 2.70 bits per heavy atom. The first-order valence-corrected chi connectivity index (χ1v) is 8.55. The number of carbonyl (C=O) groups excluding carboxylic acids is 2. The van der Waals surface area contributed by atoms with Crippen LogP contribution in [0.3, 0.4) is 0 Å². The summed E-state index contributed by atoms with van der Waals surface area (Å²) in [6.45, 7) is 4.56. The molecule has 1 aromatic rings. The van der Waals surface area contributed by atoms with Crippen LogP contribution in [-0.2, 0) is 9.53 Å². The van der Waals surface area contributed by atoms with Crippen LogP contribution in [0.15, 0.2) is 29.3 Å². The zero-order valence-corrected chi connectivity index (χ0v) is 13.9. The van der Waals surface area contributed by atoms with Gasteiger partial charge in [-0.1, -0.05) is 12.1 Å². The molecule has 0 aromatic heterocycles. The Balaban J connectivity index is 1.72. The molecule has 2 aliphatic heterocycles. The van der Waals surface area contributed by atoms with Gasteiger partial charge in [0.15, 0.2) is 0 Å². The van der Waals surface area contributed by atoms with E-state index in [1.165, 1.54) is 6.92 Å². The van der Waals surface area contributed by atoms with Gasteiger partial charge in [0, 0.05) is 23.9 Å². The number of rotatable bonds is 3. The van der Waals surface area contributed by atoms with E-state index in [0.29, 0.717) is 13.2 Å². The molecule has 1 fully saturated rings. The third-order valence-electron chi connectivity index (χ3n) is 3.88. The van der Waals surface area contributed by atoms with Crippen LogP contribution in [-0.4, -0.2) is 48.0 Å². The van der Waals surface area contributed by atoms with Crippen molar-refractivity contribution in [2.24, 2.45) is 4.99 Å². The standard InChI is InChI=1S/C16H19N3O3S/c1-10-14(18-11(2)20)9-23-15(17-10)12-3-5-13(6-4-12)19-7-8-22-16(19)21/h3-6,10,14H,7-9H2,1-2H3,(H,18,20)/t10-,14?/m1/s1. The minimum Gasteiger partial charge on any atom is -0.447 e. The molecule has 0 radical (unpaired) electrons. The van der Waals surface area contributed by atoms with Gasteiger partial charge in [0.1, 0.15) is 6.61 Å². The van der Waals surface area contributed by atoms with E-state index >= 15 is 0 Å². The largest absolute Gasteiger partial charge is 0.447 e. The molecular weight excluding hydrogens is 314 g/mol. The first-order chi connectivity index (χ1) is 11.0. The summed E-state index contributed by atoms with van der Waals surface area (Å²) in [5.74, 6) is 0.780. The van der Waals surface area contributed by atoms with Gasteiger partial charge in [-0.3, -0.25) is 14.7 Å². The van der Waals surface area contributed by atoms with Crippen molar-refractivity contribution >= 4 is 34.5 Å². The summed E-state index contributed by atoms with van der Waals surface area (Å²) in [6.07, 6.45) is -0.297. The Hall–Kier alpha value is -2.02. The van der Waals surface area contributed by atoms with E-state index in [1.807, 2.05) is 31.2 Å². The highest BCUT2D eigenvalue weighted by molar-refractivity contribution is 8.14. The first kappa shape index (κ1) is 15.9. The highest BCUT2D eigenvalue weighted by Gasteiger charge is 2.26. The van der Waals surface area contributed by atoms with E-state index < -0.39 is 0 Å². The molecule has 0 aliphatic carbocycles. The average Bonchev–Trinajstić information content (AvgIpc) is 2.95.